The molecule has 0 aromatic rings. The van der Waals surface area contributed by atoms with E-state index in [-0.39, 0.29) is 6.04 Å². The van der Waals surface area contributed by atoms with Gasteiger partial charge in [0.2, 0.25) is 0 Å². The summed E-state index contributed by atoms with van der Waals surface area (Å²) in [6.07, 6.45) is 0. The SMILES string of the molecule is COCCN(C(C)=N)C(C)COC. The Hall–Kier alpha value is -0.610. The lowest BCUT2D eigenvalue weighted by molar-refractivity contribution is 0.112. The summed E-state index contributed by atoms with van der Waals surface area (Å²) in [6, 6.07) is 0.234. The molecule has 0 aliphatic rings. The fraction of sp³-hybridized carbons (Fsp3) is 0.889. The molecule has 4 nitrogen and oxygen atoms in total. The summed E-state index contributed by atoms with van der Waals surface area (Å²) >= 11 is 0. The molecule has 0 heterocycles. The van der Waals surface area contributed by atoms with Crippen molar-refractivity contribution in [2.24, 2.45) is 0 Å². The second kappa shape index (κ2) is 6.86. The molecule has 0 spiro atoms. The molecule has 0 radical (unpaired) electrons. The van der Waals surface area contributed by atoms with Crippen LogP contribution in [-0.4, -0.2) is 50.8 Å². The number of amidine groups is 1. The molecule has 1 N–H and O–H groups in total. The third-order valence-corrected chi connectivity index (χ3v) is 1.91. The smallest absolute Gasteiger partial charge is 0.0929 e. The Morgan fingerprint density at radius 1 is 1.38 bits per heavy atom. The third-order valence-electron chi connectivity index (χ3n) is 1.91. The zero-order valence-corrected chi connectivity index (χ0v) is 8.96. The number of methoxy groups -OCH3 is 2. The van der Waals surface area contributed by atoms with Gasteiger partial charge in [-0.1, -0.05) is 0 Å². The Kier molecular flexibility index (Phi) is 6.54. The van der Waals surface area contributed by atoms with Crippen LogP contribution < -0.4 is 0 Å². The van der Waals surface area contributed by atoms with Crippen LogP contribution in [0.2, 0.25) is 0 Å². The van der Waals surface area contributed by atoms with E-state index >= 15 is 0 Å². The van der Waals surface area contributed by atoms with Crippen LogP contribution in [0.4, 0.5) is 0 Å². The van der Waals surface area contributed by atoms with Gasteiger partial charge in [0.25, 0.3) is 0 Å². The first kappa shape index (κ1) is 12.4. The first-order valence-corrected chi connectivity index (χ1v) is 4.43. The molecular weight excluding hydrogens is 168 g/mol. The third kappa shape index (κ3) is 4.85. The molecule has 0 aromatic carbocycles. The van der Waals surface area contributed by atoms with E-state index in [1.165, 1.54) is 0 Å². The average Bonchev–Trinajstić information content (AvgIpc) is 2.05. The molecule has 0 rings (SSSR count). The maximum absolute atomic E-state index is 7.55. The fourth-order valence-corrected chi connectivity index (χ4v) is 1.24. The van der Waals surface area contributed by atoms with Gasteiger partial charge in [0.1, 0.15) is 0 Å². The standard InChI is InChI=1S/C9H20N2O2/c1-8(7-13-4)11(9(2)10)5-6-12-3/h8,10H,5-7H2,1-4H3. The normalized spacial score (nSPS) is 12.6. The van der Waals surface area contributed by atoms with Crippen LogP contribution in [0.15, 0.2) is 0 Å². The largest absolute Gasteiger partial charge is 0.383 e. The van der Waals surface area contributed by atoms with E-state index in [0.29, 0.717) is 19.0 Å². The summed E-state index contributed by atoms with van der Waals surface area (Å²) in [5.41, 5.74) is 0. The van der Waals surface area contributed by atoms with Crippen LogP contribution in [0, 0.1) is 5.41 Å². The van der Waals surface area contributed by atoms with Crippen LogP contribution in [0.5, 0.6) is 0 Å². The number of hydrogen-bond acceptors (Lipinski definition) is 3. The molecule has 0 aromatic heterocycles. The molecule has 0 aliphatic carbocycles. The van der Waals surface area contributed by atoms with E-state index in [1.54, 1.807) is 21.1 Å². The van der Waals surface area contributed by atoms with Crippen molar-refractivity contribution in [3.8, 4) is 0 Å². The Morgan fingerprint density at radius 3 is 2.38 bits per heavy atom. The molecule has 0 saturated carbocycles. The fourth-order valence-electron chi connectivity index (χ4n) is 1.24. The highest BCUT2D eigenvalue weighted by atomic mass is 16.5. The predicted octanol–water partition coefficient (Wildman–Crippen LogP) is 0.967. The zero-order chi connectivity index (χ0) is 10.3. The number of nitrogens with zero attached hydrogens (tertiary/aromatic N) is 1. The lowest BCUT2D eigenvalue weighted by atomic mass is 10.3. The van der Waals surface area contributed by atoms with Gasteiger partial charge in [0.05, 0.1) is 25.1 Å². The Morgan fingerprint density at radius 2 is 2.00 bits per heavy atom. The minimum absolute atomic E-state index is 0.234. The molecule has 78 valence electrons. The Bertz CT molecular complexity index is 151. The summed E-state index contributed by atoms with van der Waals surface area (Å²) in [6.45, 7) is 5.85. The molecule has 4 heteroatoms. The van der Waals surface area contributed by atoms with E-state index in [4.69, 9.17) is 14.9 Å². The van der Waals surface area contributed by atoms with Crippen LogP contribution >= 0.6 is 0 Å². The first-order valence-electron chi connectivity index (χ1n) is 4.43. The van der Waals surface area contributed by atoms with Gasteiger partial charge in [-0.3, -0.25) is 5.41 Å². The van der Waals surface area contributed by atoms with Crippen LogP contribution in [0.3, 0.4) is 0 Å². The second-order valence-electron chi connectivity index (χ2n) is 3.08. The Balaban J connectivity index is 3.99. The molecule has 1 unspecified atom stereocenters. The van der Waals surface area contributed by atoms with Crippen molar-refractivity contribution in [2.45, 2.75) is 19.9 Å². The summed E-state index contributed by atoms with van der Waals surface area (Å²) < 4.78 is 10.0. The lowest BCUT2D eigenvalue weighted by Crippen LogP contribution is -2.41. The van der Waals surface area contributed by atoms with Crippen molar-refractivity contribution >= 4 is 5.84 Å². The number of nitrogens with one attached hydrogen (secondary N) is 1. The molecule has 13 heavy (non-hydrogen) atoms. The average molecular weight is 188 g/mol. The lowest BCUT2D eigenvalue weighted by Gasteiger charge is -2.29. The molecule has 0 saturated heterocycles. The Labute approximate surface area is 80.3 Å². The van der Waals surface area contributed by atoms with Crippen molar-refractivity contribution in [3.05, 3.63) is 0 Å². The zero-order valence-electron chi connectivity index (χ0n) is 8.96. The highest BCUT2D eigenvalue weighted by Gasteiger charge is 2.13. The van der Waals surface area contributed by atoms with Gasteiger partial charge in [-0.15, -0.1) is 0 Å². The van der Waals surface area contributed by atoms with Crippen molar-refractivity contribution in [2.75, 3.05) is 34.0 Å². The van der Waals surface area contributed by atoms with Crippen LogP contribution in [0.25, 0.3) is 0 Å². The number of rotatable bonds is 6. The van der Waals surface area contributed by atoms with Gasteiger partial charge in [0, 0.05) is 20.8 Å². The quantitative estimate of drug-likeness (QED) is 0.499. The molecule has 0 fully saturated rings. The van der Waals surface area contributed by atoms with E-state index in [2.05, 4.69) is 0 Å². The number of hydrogen-bond donors (Lipinski definition) is 1. The topological polar surface area (TPSA) is 45.5 Å². The van der Waals surface area contributed by atoms with Gasteiger partial charge < -0.3 is 14.4 Å². The number of ether oxygens (including phenoxy) is 2. The van der Waals surface area contributed by atoms with E-state index in [0.717, 1.165) is 6.54 Å². The highest BCUT2D eigenvalue weighted by Crippen LogP contribution is 2.00. The van der Waals surface area contributed by atoms with E-state index in [1.807, 2.05) is 11.8 Å². The molecular formula is C9H20N2O2. The van der Waals surface area contributed by atoms with Crippen LogP contribution in [-0.2, 0) is 9.47 Å². The molecule has 0 amide bonds. The maximum atomic E-state index is 7.55. The van der Waals surface area contributed by atoms with E-state index < -0.39 is 0 Å². The highest BCUT2D eigenvalue weighted by molar-refractivity contribution is 5.76. The summed E-state index contributed by atoms with van der Waals surface area (Å²) in [7, 11) is 3.34. The summed E-state index contributed by atoms with van der Waals surface area (Å²) in [4.78, 5) is 1.97. The van der Waals surface area contributed by atoms with Gasteiger partial charge in [-0.25, -0.2) is 0 Å². The summed E-state index contributed by atoms with van der Waals surface area (Å²) in [5, 5.41) is 7.55. The van der Waals surface area contributed by atoms with E-state index in [9.17, 15) is 0 Å². The van der Waals surface area contributed by atoms with Gasteiger partial charge in [-0.2, -0.15) is 0 Å². The van der Waals surface area contributed by atoms with Crippen molar-refractivity contribution < 1.29 is 9.47 Å². The minimum atomic E-state index is 0.234. The van der Waals surface area contributed by atoms with Crippen molar-refractivity contribution in [1.82, 2.24) is 4.90 Å². The molecule has 1 atom stereocenters. The molecule has 0 aliphatic heterocycles. The maximum Gasteiger partial charge on any atom is 0.0929 e. The predicted molar refractivity (Wildman–Crippen MR) is 53.3 cm³/mol. The second-order valence-corrected chi connectivity index (χ2v) is 3.08. The summed E-state index contributed by atoms with van der Waals surface area (Å²) in [5.74, 6) is 0.557. The van der Waals surface area contributed by atoms with Crippen molar-refractivity contribution in [3.63, 3.8) is 0 Å². The van der Waals surface area contributed by atoms with Gasteiger partial charge in [0.15, 0.2) is 0 Å². The van der Waals surface area contributed by atoms with Gasteiger partial charge >= 0.3 is 0 Å². The van der Waals surface area contributed by atoms with Gasteiger partial charge in [-0.05, 0) is 13.8 Å². The monoisotopic (exact) mass is 188 g/mol. The van der Waals surface area contributed by atoms with Crippen LogP contribution in [0.1, 0.15) is 13.8 Å². The minimum Gasteiger partial charge on any atom is -0.383 e. The molecule has 0 bridgehead atoms. The first-order chi connectivity index (χ1) is 6.13. The van der Waals surface area contributed by atoms with Crippen molar-refractivity contribution in [1.29, 1.82) is 5.41 Å².